The number of nitrogens with one attached hydrogen (secondary N) is 2. The van der Waals surface area contributed by atoms with Crippen molar-refractivity contribution >= 4 is 44.2 Å². The molecule has 0 radical (unpaired) electrons. The van der Waals surface area contributed by atoms with Gasteiger partial charge in [0, 0.05) is 53.5 Å². The number of fused-ring (bicyclic) bond motifs is 2. The summed E-state index contributed by atoms with van der Waals surface area (Å²) in [6, 6.07) is 10.4. The highest BCUT2D eigenvalue weighted by Crippen LogP contribution is 2.68. The van der Waals surface area contributed by atoms with Crippen LogP contribution in [0, 0.1) is 29.6 Å². The Hall–Kier alpha value is -3.73. The lowest BCUT2D eigenvalue weighted by atomic mass is 9.39. The molecule has 3 aliphatic carbocycles. The van der Waals surface area contributed by atoms with Gasteiger partial charge in [-0.25, -0.2) is 9.97 Å². The Morgan fingerprint density at radius 2 is 1.94 bits per heavy atom. The number of aromatic nitrogens is 3. The number of carbonyl (C=O) groups excluding carboxylic acids is 1. The highest BCUT2D eigenvalue weighted by molar-refractivity contribution is 7.18. The number of rotatable bonds is 10. The summed E-state index contributed by atoms with van der Waals surface area (Å²) in [6.07, 6.45) is 0.619. The van der Waals surface area contributed by atoms with Crippen molar-refractivity contribution in [2.24, 2.45) is 11.3 Å². The second-order valence-electron chi connectivity index (χ2n) is 14.0. The van der Waals surface area contributed by atoms with Gasteiger partial charge in [-0.1, -0.05) is 13.0 Å². The van der Waals surface area contributed by atoms with Gasteiger partial charge in [-0.2, -0.15) is 18.4 Å². The zero-order valence-corrected chi connectivity index (χ0v) is 27.3. The molecule has 2 bridgehead atoms. The molecule has 13 heteroatoms. The van der Waals surface area contributed by atoms with Crippen molar-refractivity contribution < 1.29 is 23.1 Å². The number of aliphatic hydroxyl groups is 1. The summed E-state index contributed by atoms with van der Waals surface area (Å²) in [7, 11) is 0. The summed E-state index contributed by atoms with van der Waals surface area (Å²) in [6.45, 7) is 6.98. The number of thiophene rings is 1. The van der Waals surface area contributed by atoms with Crippen LogP contribution < -0.4 is 10.6 Å². The molecule has 1 saturated heterocycles. The average molecular weight is 666 g/mol. The van der Waals surface area contributed by atoms with Gasteiger partial charge in [0.1, 0.15) is 28.7 Å². The largest absolute Gasteiger partial charge is 0.396 e. The molecule has 4 aromatic rings. The van der Waals surface area contributed by atoms with Gasteiger partial charge in [-0.3, -0.25) is 9.69 Å². The molecule has 4 fully saturated rings. The smallest absolute Gasteiger partial charge is 0.393 e. The first-order chi connectivity index (χ1) is 22.4. The van der Waals surface area contributed by atoms with Crippen LogP contribution in [-0.2, 0) is 24.3 Å². The van der Waals surface area contributed by atoms with Crippen molar-refractivity contribution in [3.8, 4) is 6.07 Å². The Kier molecular flexibility index (Phi) is 7.96. The Bertz CT molecular complexity index is 1870. The molecule has 4 heterocycles. The van der Waals surface area contributed by atoms with E-state index < -0.39 is 18.5 Å². The average Bonchev–Trinajstić information content (AvgIpc) is 3.57. The predicted molar refractivity (Wildman–Crippen MR) is 174 cm³/mol. The van der Waals surface area contributed by atoms with Gasteiger partial charge < -0.3 is 20.3 Å². The number of aryl methyl sites for hydroxylation is 1. The standard InChI is InChI=1S/C34H38F3N7O2S/c1-20(14-45)30(46)42-33-15-32(16-33,17-33)18-44-24(12-38)9-26-21(2)22(3-4-28(26)44)13-43-7-5-23(6-8-43)41-29-27-10-25(11-34(35,36)37)47-31(27)40-19-39-29/h3-4,9-10,19-20,23,45H,5-8,11,13-18H2,1-2H3,(H,42,46)(H,39,40,41). The molecule has 1 aliphatic heterocycles. The summed E-state index contributed by atoms with van der Waals surface area (Å²) in [5, 5.41) is 27.7. The van der Waals surface area contributed by atoms with Crippen molar-refractivity contribution in [1.29, 1.82) is 5.26 Å². The second-order valence-corrected chi connectivity index (χ2v) is 15.1. The summed E-state index contributed by atoms with van der Waals surface area (Å²) < 4.78 is 41.0. The van der Waals surface area contributed by atoms with Gasteiger partial charge >= 0.3 is 6.18 Å². The third-order valence-corrected chi connectivity index (χ3v) is 11.4. The SMILES string of the molecule is Cc1c(CN2CCC(Nc3ncnc4sc(CC(F)(F)F)cc34)CC2)ccc2c1cc(C#N)n2CC12CC(NC(=O)C(C)CO)(C1)C2. The zero-order chi connectivity index (χ0) is 33.1. The number of piperidine rings is 1. The normalized spacial score (nSPS) is 23.7. The van der Waals surface area contributed by atoms with E-state index in [1.807, 2.05) is 6.07 Å². The first-order valence-corrected chi connectivity index (χ1v) is 16.9. The van der Waals surface area contributed by atoms with E-state index in [9.17, 15) is 28.3 Å². The molecule has 1 aromatic carbocycles. The van der Waals surface area contributed by atoms with Crippen molar-refractivity contribution in [3.05, 3.63) is 52.3 Å². The molecular weight excluding hydrogens is 627 g/mol. The number of likely N-dealkylation sites (tertiary alicyclic amines) is 1. The van der Waals surface area contributed by atoms with Gasteiger partial charge in [0.15, 0.2) is 0 Å². The number of alkyl halides is 3. The summed E-state index contributed by atoms with van der Waals surface area (Å²) in [5.74, 6) is 0.0828. The Labute approximate surface area is 274 Å². The van der Waals surface area contributed by atoms with Crippen LogP contribution in [0.5, 0.6) is 0 Å². The zero-order valence-electron chi connectivity index (χ0n) is 26.5. The molecule has 248 valence electrons. The summed E-state index contributed by atoms with van der Waals surface area (Å²) >= 11 is 1.06. The fourth-order valence-electron chi connectivity index (χ4n) is 8.03. The second kappa shape index (κ2) is 11.8. The number of anilines is 1. The van der Waals surface area contributed by atoms with Gasteiger partial charge in [0.05, 0.1) is 24.3 Å². The lowest BCUT2D eigenvalue weighted by Crippen LogP contribution is -2.76. The number of nitriles is 1. The van der Waals surface area contributed by atoms with Crippen molar-refractivity contribution in [1.82, 2.24) is 24.8 Å². The third kappa shape index (κ3) is 6.07. The quantitative estimate of drug-likeness (QED) is 0.200. The molecular formula is C34H38F3N7O2S. The summed E-state index contributed by atoms with van der Waals surface area (Å²) in [4.78, 5) is 24.1. The van der Waals surface area contributed by atoms with E-state index in [-0.39, 0.29) is 34.4 Å². The number of aliphatic hydroxyl groups excluding tert-OH is 1. The maximum atomic E-state index is 12.9. The maximum absolute atomic E-state index is 12.9. The van der Waals surface area contributed by atoms with E-state index in [0.717, 1.165) is 80.5 Å². The number of nitrogens with zero attached hydrogens (tertiary/aromatic N) is 5. The van der Waals surface area contributed by atoms with Crippen molar-refractivity contribution in [2.75, 3.05) is 25.0 Å². The minimum Gasteiger partial charge on any atom is -0.396 e. The van der Waals surface area contributed by atoms with E-state index in [1.165, 1.54) is 17.5 Å². The molecule has 1 amide bonds. The van der Waals surface area contributed by atoms with Gasteiger partial charge in [0.25, 0.3) is 0 Å². The first kappa shape index (κ1) is 31.8. The lowest BCUT2D eigenvalue weighted by Gasteiger charge is -2.71. The minimum atomic E-state index is -4.26. The number of benzene rings is 1. The van der Waals surface area contributed by atoms with Crippen LogP contribution >= 0.6 is 11.3 Å². The number of carbonyl (C=O) groups is 1. The van der Waals surface area contributed by atoms with Gasteiger partial charge in [-0.05, 0) is 73.8 Å². The van der Waals surface area contributed by atoms with Crippen LogP contribution in [-0.4, -0.2) is 67.9 Å². The Morgan fingerprint density at radius 3 is 2.62 bits per heavy atom. The van der Waals surface area contributed by atoms with E-state index in [0.29, 0.717) is 21.7 Å². The molecule has 3 N–H and O–H groups in total. The molecule has 3 saturated carbocycles. The van der Waals surface area contributed by atoms with Crippen LogP contribution in [0.2, 0.25) is 0 Å². The van der Waals surface area contributed by atoms with E-state index in [4.69, 9.17) is 0 Å². The molecule has 8 rings (SSSR count). The van der Waals surface area contributed by atoms with E-state index >= 15 is 0 Å². The molecule has 0 spiro atoms. The van der Waals surface area contributed by atoms with Crippen LogP contribution in [0.25, 0.3) is 21.1 Å². The molecule has 9 nitrogen and oxygen atoms in total. The van der Waals surface area contributed by atoms with Crippen LogP contribution in [0.3, 0.4) is 0 Å². The molecule has 1 atom stereocenters. The number of amides is 1. The summed E-state index contributed by atoms with van der Waals surface area (Å²) in [5.41, 5.74) is 4.04. The monoisotopic (exact) mass is 665 g/mol. The molecule has 3 aromatic heterocycles. The van der Waals surface area contributed by atoms with Gasteiger partial charge in [-0.15, -0.1) is 11.3 Å². The van der Waals surface area contributed by atoms with Crippen LogP contribution in [0.1, 0.15) is 60.7 Å². The fraction of sp³-hybridized carbons (Fsp3) is 0.529. The highest BCUT2D eigenvalue weighted by Gasteiger charge is 2.68. The number of hydrogen-bond acceptors (Lipinski definition) is 8. The van der Waals surface area contributed by atoms with Crippen molar-refractivity contribution in [3.63, 3.8) is 0 Å². The molecule has 4 aliphatic rings. The predicted octanol–water partition coefficient (Wildman–Crippen LogP) is 5.67. The van der Waals surface area contributed by atoms with Crippen molar-refractivity contribution in [2.45, 2.75) is 83.2 Å². The van der Waals surface area contributed by atoms with Crippen LogP contribution in [0.4, 0.5) is 19.0 Å². The maximum Gasteiger partial charge on any atom is 0.393 e. The Morgan fingerprint density at radius 1 is 1.19 bits per heavy atom. The fourth-order valence-corrected chi connectivity index (χ4v) is 9.06. The van der Waals surface area contributed by atoms with Crippen LogP contribution in [0.15, 0.2) is 30.6 Å². The van der Waals surface area contributed by atoms with E-state index in [2.05, 4.69) is 55.2 Å². The number of hydrogen-bond donors (Lipinski definition) is 3. The first-order valence-electron chi connectivity index (χ1n) is 16.1. The molecule has 47 heavy (non-hydrogen) atoms. The topological polar surface area (TPSA) is 119 Å². The minimum absolute atomic E-state index is 0.0879. The van der Waals surface area contributed by atoms with E-state index in [1.54, 1.807) is 13.0 Å². The third-order valence-electron chi connectivity index (χ3n) is 10.4. The Balaban J connectivity index is 0.977. The van der Waals surface area contributed by atoms with Gasteiger partial charge in [0.2, 0.25) is 5.91 Å². The lowest BCUT2D eigenvalue weighted by molar-refractivity contribution is -0.173. The number of halogens is 3. The molecule has 1 unspecified atom stereocenters. The highest BCUT2D eigenvalue weighted by atomic mass is 32.1.